The predicted molar refractivity (Wildman–Crippen MR) is 207 cm³/mol. The summed E-state index contributed by atoms with van der Waals surface area (Å²) >= 11 is 0. The predicted octanol–water partition coefficient (Wildman–Crippen LogP) is 12.7. The molecule has 49 heavy (non-hydrogen) atoms. The lowest BCUT2D eigenvalue weighted by atomic mass is 9.83. The minimum atomic E-state index is 0.283. The van der Waals surface area contributed by atoms with E-state index in [4.69, 9.17) is 9.47 Å². The zero-order valence-corrected chi connectivity index (χ0v) is 30.8. The monoisotopic (exact) mass is 648 g/mol. The fourth-order valence-corrected chi connectivity index (χ4v) is 6.82. The van der Waals surface area contributed by atoms with Gasteiger partial charge in [0.05, 0.1) is 0 Å². The van der Waals surface area contributed by atoms with Crippen LogP contribution in [0.4, 0.5) is 0 Å². The van der Waals surface area contributed by atoms with E-state index in [1.54, 1.807) is 0 Å². The van der Waals surface area contributed by atoms with Crippen LogP contribution in [0.2, 0.25) is 0 Å². The van der Waals surface area contributed by atoms with Crippen molar-refractivity contribution in [1.29, 1.82) is 0 Å². The van der Waals surface area contributed by atoms with Gasteiger partial charge >= 0.3 is 0 Å². The lowest BCUT2D eigenvalue weighted by molar-refractivity contribution is 0.208. The summed E-state index contributed by atoms with van der Waals surface area (Å²) in [4.78, 5) is 0. The number of rotatable bonds is 11. The number of aryl methyl sites for hydroxylation is 3. The molecular formula is C47H52O2. The van der Waals surface area contributed by atoms with Gasteiger partial charge in [0.1, 0.15) is 24.7 Å². The molecular weight excluding hydrogens is 597 g/mol. The SMILES string of the molecule is C=C(C1=C(C)C=C(C)CC=C1C)C1C=CC(OCc2ccc(COc3ccc(C(=C=C(C)CC)c4c(C)cc(C)cc4C)cc3)cc2)=CC1. The Bertz CT molecular complexity index is 1900. The third kappa shape index (κ3) is 9.02. The molecule has 0 saturated heterocycles. The molecule has 0 fully saturated rings. The summed E-state index contributed by atoms with van der Waals surface area (Å²) in [5, 5.41) is 0. The van der Waals surface area contributed by atoms with E-state index < -0.39 is 0 Å². The first-order valence-corrected chi connectivity index (χ1v) is 17.6. The van der Waals surface area contributed by atoms with Crippen molar-refractivity contribution < 1.29 is 9.47 Å². The average Bonchev–Trinajstić information content (AvgIpc) is 3.21. The van der Waals surface area contributed by atoms with Crippen molar-refractivity contribution in [2.45, 2.75) is 87.9 Å². The maximum Gasteiger partial charge on any atom is 0.119 e. The highest BCUT2D eigenvalue weighted by Gasteiger charge is 2.20. The molecule has 5 rings (SSSR count). The van der Waals surface area contributed by atoms with Crippen molar-refractivity contribution in [3.05, 3.63) is 181 Å². The summed E-state index contributed by atoms with van der Waals surface area (Å²) in [7, 11) is 0. The molecule has 0 N–H and O–H groups in total. The van der Waals surface area contributed by atoms with E-state index in [0.717, 1.165) is 53.0 Å². The van der Waals surface area contributed by atoms with Gasteiger partial charge in [-0.1, -0.05) is 91.4 Å². The zero-order valence-electron chi connectivity index (χ0n) is 30.8. The first-order valence-electron chi connectivity index (χ1n) is 17.6. The molecule has 0 heterocycles. The normalized spacial score (nSPS) is 15.8. The van der Waals surface area contributed by atoms with Gasteiger partial charge in [0, 0.05) is 11.5 Å². The van der Waals surface area contributed by atoms with E-state index in [2.05, 4.69) is 159 Å². The fourth-order valence-electron chi connectivity index (χ4n) is 6.82. The molecule has 0 spiro atoms. The quantitative estimate of drug-likeness (QED) is 0.193. The van der Waals surface area contributed by atoms with Crippen molar-refractivity contribution in [2.24, 2.45) is 5.92 Å². The Labute approximate surface area is 295 Å². The van der Waals surface area contributed by atoms with Crippen LogP contribution in [0.1, 0.15) is 92.8 Å². The average molecular weight is 649 g/mol. The van der Waals surface area contributed by atoms with Crippen LogP contribution >= 0.6 is 0 Å². The molecule has 2 heteroatoms. The van der Waals surface area contributed by atoms with Crippen LogP contribution in [0.15, 0.2) is 143 Å². The largest absolute Gasteiger partial charge is 0.489 e. The van der Waals surface area contributed by atoms with E-state index in [9.17, 15) is 0 Å². The summed E-state index contributed by atoms with van der Waals surface area (Å²) < 4.78 is 12.4. The molecule has 2 aliphatic rings. The molecule has 0 amide bonds. The second-order valence-corrected chi connectivity index (χ2v) is 13.8. The van der Waals surface area contributed by atoms with Gasteiger partial charge in [-0.15, -0.1) is 5.73 Å². The van der Waals surface area contributed by atoms with Gasteiger partial charge in [0.25, 0.3) is 0 Å². The summed E-state index contributed by atoms with van der Waals surface area (Å²) in [6, 6.07) is 21.4. The molecule has 3 aromatic carbocycles. The minimum Gasteiger partial charge on any atom is -0.489 e. The Morgan fingerprint density at radius 3 is 2.06 bits per heavy atom. The molecule has 0 aromatic heterocycles. The molecule has 0 bridgehead atoms. The molecule has 3 aromatic rings. The Kier molecular flexibility index (Phi) is 11.7. The first kappa shape index (κ1) is 35.5. The molecule has 0 saturated carbocycles. The van der Waals surface area contributed by atoms with Gasteiger partial charge in [0.2, 0.25) is 0 Å². The van der Waals surface area contributed by atoms with Crippen LogP contribution in [0, 0.1) is 26.7 Å². The number of hydrogen-bond acceptors (Lipinski definition) is 2. The lowest BCUT2D eigenvalue weighted by Crippen LogP contribution is -2.08. The molecule has 2 nitrogen and oxygen atoms in total. The van der Waals surface area contributed by atoms with E-state index in [1.165, 1.54) is 55.7 Å². The molecule has 0 aliphatic heterocycles. The van der Waals surface area contributed by atoms with E-state index in [1.807, 2.05) is 0 Å². The van der Waals surface area contributed by atoms with Gasteiger partial charge in [0.15, 0.2) is 0 Å². The maximum absolute atomic E-state index is 6.19. The van der Waals surface area contributed by atoms with Crippen molar-refractivity contribution in [2.75, 3.05) is 0 Å². The summed E-state index contributed by atoms with van der Waals surface area (Å²) in [5.41, 5.74) is 21.1. The van der Waals surface area contributed by atoms with Crippen LogP contribution in [-0.2, 0) is 18.0 Å². The second kappa shape index (κ2) is 16.1. The standard InChI is InChI=1S/C47H52O2/c1-10-31(2)28-45(47-36(7)26-33(4)27-37(47)8)42-19-23-44(24-20-42)49-30-40-15-13-39(14-16-40)29-48-43-21-17-41(18-22-43)38(9)46-34(5)12-11-32(3)25-35(46)6/h12-17,19-27,41H,9-11,18,29-30H2,1-8H3. The van der Waals surface area contributed by atoms with E-state index >= 15 is 0 Å². The Morgan fingerprint density at radius 1 is 0.837 bits per heavy atom. The number of benzene rings is 3. The van der Waals surface area contributed by atoms with Gasteiger partial charge in [-0.3, -0.25) is 0 Å². The molecule has 1 unspecified atom stereocenters. The van der Waals surface area contributed by atoms with Crippen LogP contribution in [0.25, 0.3) is 5.57 Å². The highest BCUT2D eigenvalue weighted by Crippen LogP contribution is 2.36. The summed E-state index contributed by atoms with van der Waals surface area (Å²) in [6.45, 7) is 23.0. The molecule has 1 atom stereocenters. The van der Waals surface area contributed by atoms with Crippen molar-refractivity contribution >= 4 is 5.57 Å². The minimum absolute atomic E-state index is 0.283. The topological polar surface area (TPSA) is 18.5 Å². The Hall–Kier alpha value is -4.78. The van der Waals surface area contributed by atoms with Crippen LogP contribution in [0.3, 0.4) is 0 Å². The smallest absolute Gasteiger partial charge is 0.119 e. The number of allylic oxidation sites excluding steroid dienone is 11. The summed E-state index contributed by atoms with van der Waals surface area (Å²) in [6.07, 6.45) is 14.0. The van der Waals surface area contributed by atoms with Crippen LogP contribution < -0.4 is 4.74 Å². The molecule has 2 aliphatic carbocycles. The Morgan fingerprint density at radius 2 is 1.47 bits per heavy atom. The molecule has 252 valence electrons. The second-order valence-electron chi connectivity index (χ2n) is 13.8. The van der Waals surface area contributed by atoms with Crippen molar-refractivity contribution in [3.8, 4) is 5.75 Å². The Balaban J connectivity index is 1.15. The van der Waals surface area contributed by atoms with Gasteiger partial charge in [-0.2, -0.15) is 0 Å². The number of hydrogen-bond donors (Lipinski definition) is 0. The van der Waals surface area contributed by atoms with E-state index in [-0.39, 0.29) is 5.92 Å². The molecule has 0 radical (unpaired) electrons. The van der Waals surface area contributed by atoms with Crippen LogP contribution in [0.5, 0.6) is 5.75 Å². The van der Waals surface area contributed by atoms with Gasteiger partial charge in [-0.05, 0) is 153 Å². The lowest BCUT2D eigenvalue weighted by Gasteiger charge is -2.22. The van der Waals surface area contributed by atoms with E-state index in [0.29, 0.717) is 13.2 Å². The van der Waals surface area contributed by atoms with Crippen molar-refractivity contribution in [1.82, 2.24) is 0 Å². The fraction of sp³-hybridized carbons (Fsp3) is 0.298. The first-order chi connectivity index (χ1) is 23.5. The van der Waals surface area contributed by atoms with Gasteiger partial charge in [-0.25, -0.2) is 0 Å². The zero-order chi connectivity index (χ0) is 35.1. The third-order valence-corrected chi connectivity index (χ3v) is 9.59. The highest BCUT2D eigenvalue weighted by molar-refractivity contribution is 5.83. The van der Waals surface area contributed by atoms with Crippen LogP contribution in [-0.4, -0.2) is 0 Å². The summed E-state index contributed by atoms with van der Waals surface area (Å²) in [5.74, 6) is 2.05. The highest BCUT2D eigenvalue weighted by atomic mass is 16.5. The number of ether oxygens (including phenoxy) is 2. The van der Waals surface area contributed by atoms with Gasteiger partial charge < -0.3 is 9.47 Å². The van der Waals surface area contributed by atoms with Crippen molar-refractivity contribution in [3.63, 3.8) is 0 Å². The third-order valence-electron chi connectivity index (χ3n) is 9.59. The maximum atomic E-state index is 6.19.